The standard InChI is InChI=1S/C8H16FN3O2/c1-5(10)12-4-6(9)2-3-7(11)8(13)14/h6-7H,2-4,11H2,1H3,(H2,10,12)(H,13,14)/t6?,7-/m1/s1. The Labute approximate surface area is 82.0 Å². The lowest BCUT2D eigenvalue weighted by Crippen LogP contribution is -2.31. The fourth-order valence-corrected chi connectivity index (χ4v) is 0.818. The van der Waals surface area contributed by atoms with Crippen LogP contribution in [0.25, 0.3) is 0 Å². The third-order valence-corrected chi connectivity index (χ3v) is 1.65. The van der Waals surface area contributed by atoms with Gasteiger partial charge in [0.1, 0.15) is 12.2 Å². The zero-order valence-corrected chi connectivity index (χ0v) is 8.11. The Morgan fingerprint density at radius 3 is 2.57 bits per heavy atom. The van der Waals surface area contributed by atoms with Crippen molar-refractivity contribution in [2.24, 2.45) is 16.5 Å². The summed E-state index contributed by atoms with van der Waals surface area (Å²) in [6.45, 7) is 1.53. The molecule has 0 bridgehead atoms. The van der Waals surface area contributed by atoms with Gasteiger partial charge in [-0.25, -0.2) is 4.39 Å². The normalized spacial score (nSPS) is 16.4. The van der Waals surface area contributed by atoms with Gasteiger partial charge in [-0.1, -0.05) is 0 Å². The molecule has 0 aromatic carbocycles. The molecule has 0 aromatic rings. The topological polar surface area (TPSA) is 102 Å². The van der Waals surface area contributed by atoms with E-state index in [1.807, 2.05) is 0 Å². The van der Waals surface area contributed by atoms with Crippen LogP contribution in [0.5, 0.6) is 0 Å². The van der Waals surface area contributed by atoms with Crippen LogP contribution in [-0.2, 0) is 4.79 Å². The van der Waals surface area contributed by atoms with E-state index < -0.39 is 18.2 Å². The van der Waals surface area contributed by atoms with E-state index in [1.165, 1.54) is 0 Å². The summed E-state index contributed by atoms with van der Waals surface area (Å²) in [6.07, 6.45) is -0.987. The molecule has 0 aromatic heterocycles. The number of hydrogen-bond donors (Lipinski definition) is 3. The number of hydrogen-bond acceptors (Lipinski definition) is 3. The monoisotopic (exact) mass is 205 g/mol. The number of carbonyl (C=O) groups is 1. The summed E-state index contributed by atoms with van der Waals surface area (Å²) in [5.74, 6) is -0.800. The first-order valence-corrected chi connectivity index (χ1v) is 4.32. The van der Waals surface area contributed by atoms with Gasteiger partial charge < -0.3 is 16.6 Å². The van der Waals surface area contributed by atoms with Crippen molar-refractivity contribution in [2.45, 2.75) is 32.0 Å². The average molecular weight is 205 g/mol. The molecular formula is C8H16FN3O2. The third kappa shape index (κ3) is 6.36. The lowest BCUT2D eigenvalue weighted by molar-refractivity contribution is -0.138. The fourth-order valence-electron chi connectivity index (χ4n) is 0.818. The minimum absolute atomic E-state index is 0.0331. The molecule has 0 aliphatic heterocycles. The summed E-state index contributed by atoms with van der Waals surface area (Å²) in [5, 5.41) is 8.42. The Morgan fingerprint density at radius 2 is 2.14 bits per heavy atom. The van der Waals surface area contributed by atoms with E-state index in [0.29, 0.717) is 5.84 Å². The molecule has 6 heteroatoms. The first kappa shape index (κ1) is 12.8. The average Bonchev–Trinajstić information content (AvgIpc) is 2.10. The minimum Gasteiger partial charge on any atom is -0.480 e. The predicted octanol–water partition coefficient (Wildman–Crippen LogP) is -0.106. The van der Waals surface area contributed by atoms with E-state index in [2.05, 4.69) is 4.99 Å². The van der Waals surface area contributed by atoms with Crippen LogP contribution in [0.1, 0.15) is 19.8 Å². The Balaban J connectivity index is 3.69. The van der Waals surface area contributed by atoms with Gasteiger partial charge in [0.25, 0.3) is 0 Å². The van der Waals surface area contributed by atoms with Crippen LogP contribution in [0.2, 0.25) is 0 Å². The smallest absolute Gasteiger partial charge is 0.320 e. The first-order chi connectivity index (χ1) is 6.43. The quantitative estimate of drug-likeness (QED) is 0.416. The first-order valence-electron chi connectivity index (χ1n) is 4.32. The van der Waals surface area contributed by atoms with Crippen LogP contribution in [0.15, 0.2) is 4.99 Å². The molecule has 5 nitrogen and oxygen atoms in total. The molecule has 0 aliphatic carbocycles. The van der Waals surface area contributed by atoms with Gasteiger partial charge in [-0.15, -0.1) is 0 Å². The lowest BCUT2D eigenvalue weighted by Gasteiger charge is -2.08. The number of amidine groups is 1. The number of carboxylic acid groups (broad SMARTS) is 1. The SMILES string of the molecule is CC(N)=NCC(F)CC[C@@H](N)C(=O)O. The van der Waals surface area contributed by atoms with Crippen LogP contribution in [0.3, 0.4) is 0 Å². The van der Waals surface area contributed by atoms with Crippen LogP contribution >= 0.6 is 0 Å². The molecule has 0 heterocycles. The van der Waals surface area contributed by atoms with Crippen molar-refractivity contribution >= 4 is 11.8 Å². The van der Waals surface area contributed by atoms with Gasteiger partial charge in [-0.05, 0) is 19.8 Å². The molecule has 5 N–H and O–H groups in total. The van der Waals surface area contributed by atoms with Crippen molar-refractivity contribution in [3.05, 3.63) is 0 Å². The summed E-state index contributed by atoms with van der Waals surface area (Å²) in [6, 6.07) is -1.00. The Kier molecular flexibility index (Phi) is 5.78. The molecule has 0 saturated carbocycles. The third-order valence-electron chi connectivity index (χ3n) is 1.65. The molecule has 1 unspecified atom stereocenters. The van der Waals surface area contributed by atoms with Crippen LogP contribution in [0.4, 0.5) is 4.39 Å². The second kappa shape index (κ2) is 6.31. The van der Waals surface area contributed by atoms with Crippen molar-refractivity contribution in [1.29, 1.82) is 0 Å². The number of alkyl halides is 1. The predicted molar refractivity (Wildman–Crippen MR) is 51.9 cm³/mol. The fraction of sp³-hybridized carbons (Fsp3) is 0.750. The summed E-state index contributed by atoms with van der Waals surface area (Å²) in [7, 11) is 0. The van der Waals surface area contributed by atoms with Gasteiger partial charge in [-0.3, -0.25) is 9.79 Å². The second-order valence-corrected chi connectivity index (χ2v) is 3.10. The van der Waals surface area contributed by atoms with Gasteiger partial charge in [0.15, 0.2) is 0 Å². The summed E-state index contributed by atoms with van der Waals surface area (Å²) >= 11 is 0. The largest absolute Gasteiger partial charge is 0.480 e. The Bertz CT molecular complexity index is 217. The molecule has 82 valence electrons. The molecule has 0 spiro atoms. The highest BCUT2D eigenvalue weighted by Gasteiger charge is 2.14. The van der Waals surface area contributed by atoms with E-state index >= 15 is 0 Å². The van der Waals surface area contributed by atoms with Gasteiger partial charge in [0, 0.05) is 0 Å². The zero-order valence-electron chi connectivity index (χ0n) is 8.11. The second-order valence-electron chi connectivity index (χ2n) is 3.10. The summed E-state index contributed by atoms with van der Waals surface area (Å²) in [4.78, 5) is 14.0. The van der Waals surface area contributed by atoms with E-state index in [4.69, 9.17) is 16.6 Å². The minimum atomic E-state index is -1.18. The molecular weight excluding hydrogens is 189 g/mol. The van der Waals surface area contributed by atoms with E-state index in [9.17, 15) is 9.18 Å². The summed E-state index contributed by atoms with van der Waals surface area (Å²) < 4.78 is 13.0. The highest BCUT2D eigenvalue weighted by Crippen LogP contribution is 2.04. The van der Waals surface area contributed by atoms with Crippen molar-refractivity contribution in [2.75, 3.05) is 6.54 Å². The maximum absolute atomic E-state index is 13.0. The molecule has 14 heavy (non-hydrogen) atoms. The zero-order chi connectivity index (χ0) is 11.1. The number of nitrogens with two attached hydrogens (primary N) is 2. The van der Waals surface area contributed by atoms with Crippen molar-refractivity contribution < 1.29 is 14.3 Å². The number of carboxylic acids is 1. The Hall–Kier alpha value is -1.17. The van der Waals surface area contributed by atoms with Crippen molar-refractivity contribution in [1.82, 2.24) is 0 Å². The maximum atomic E-state index is 13.0. The van der Waals surface area contributed by atoms with Crippen molar-refractivity contribution in [3.63, 3.8) is 0 Å². The highest BCUT2D eigenvalue weighted by molar-refractivity contribution is 5.77. The number of nitrogens with zero attached hydrogens (tertiary/aromatic N) is 1. The number of halogens is 1. The number of aliphatic imine (C=N–C) groups is 1. The molecule has 2 atom stereocenters. The highest BCUT2D eigenvalue weighted by atomic mass is 19.1. The van der Waals surface area contributed by atoms with Gasteiger partial charge in [0.2, 0.25) is 0 Å². The van der Waals surface area contributed by atoms with Crippen LogP contribution in [0, 0.1) is 0 Å². The molecule has 0 rings (SSSR count). The molecule has 0 aliphatic rings. The van der Waals surface area contributed by atoms with Gasteiger partial charge >= 0.3 is 5.97 Å². The van der Waals surface area contributed by atoms with E-state index in [1.54, 1.807) is 6.92 Å². The van der Waals surface area contributed by atoms with E-state index in [-0.39, 0.29) is 19.4 Å². The summed E-state index contributed by atoms with van der Waals surface area (Å²) in [5.41, 5.74) is 10.4. The Morgan fingerprint density at radius 1 is 1.57 bits per heavy atom. The molecule has 0 amide bonds. The molecule has 0 saturated heterocycles. The maximum Gasteiger partial charge on any atom is 0.320 e. The lowest BCUT2D eigenvalue weighted by atomic mass is 10.1. The number of rotatable bonds is 6. The molecule has 0 fully saturated rings. The van der Waals surface area contributed by atoms with E-state index in [0.717, 1.165) is 0 Å². The van der Waals surface area contributed by atoms with Gasteiger partial charge in [0.05, 0.1) is 12.4 Å². The van der Waals surface area contributed by atoms with Gasteiger partial charge in [-0.2, -0.15) is 0 Å². The number of aliphatic carboxylic acids is 1. The van der Waals surface area contributed by atoms with Crippen LogP contribution in [-0.4, -0.2) is 35.7 Å². The van der Waals surface area contributed by atoms with Crippen molar-refractivity contribution in [3.8, 4) is 0 Å². The molecule has 0 radical (unpaired) electrons. The van der Waals surface area contributed by atoms with Crippen LogP contribution < -0.4 is 11.5 Å².